The molecule has 1 aromatic carbocycles. The predicted molar refractivity (Wildman–Crippen MR) is 64.7 cm³/mol. The third-order valence-electron chi connectivity index (χ3n) is 2.38. The van der Waals surface area contributed by atoms with Crippen LogP contribution < -0.4 is 5.32 Å². The fourth-order valence-corrected chi connectivity index (χ4v) is 2.39. The first-order chi connectivity index (χ1) is 7.75. The molecule has 1 rings (SSSR count). The molecule has 1 aromatic rings. The number of hydrogen-bond acceptors (Lipinski definition) is 3. The van der Waals surface area contributed by atoms with Gasteiger partial charge >= 0.3 is 0 Å². The molecule has 0 unspecified atom stereocenters. The van der Waals surface area contributed by atoms with Crippen molar-refractivity contribution in [1.82, 2.24) is 0 Å². The van der Waals surface area contributed by atoms with E-state index < -0.39 is 10.1 Å². The molecule has 6 heteroatoms. The molecule has 0 saturated carbocycles. The lowest BCUT2D eigenvalue weighted by Crippen LogP contribution is -2.10. The number of anilines is 1. The van der Waals surface area contributed by atoms with E-state index in [9.17, 15) is 13.2 Å². The average Bonchev–Trinajstić information content (AvgIpc) is 2.18. The summed E-state index contributed by atoms with van der Waals surface area (Å²) in [6.45, 7) is 4.89. The standard InChI is InChI=1S/C11H15NO4S/c1-4-9-5-7(2)10(12-8(3)13)6-11(9)17(14,15)16/h5-6H,4H2,1-3H3,(H,12,13)(H,14,15,16). The van der Waals surface area contributed by atoms with Gasteiger partial charge in [-0.15, -0.1) is 0 Å². The third kappa shape index (κ3) is 3.28. The quantitative estimate of drug-likeness (QED) is 0.808. The van der Waals surface area contributed by atoms with Gasteiger partial charge in [0.25, 0.3) is 10.1 Å². The number of carbonyl (C=O) groups is 1. The molecule has 5 nitrogen and oxygen atoms in total. The molecule has 2 N–H and O–H groups in total. The minimum atomic E-state index is -4.27. The Hall–Kier alpha value is -1.40. The molecule has 1 amide bonds. The van der Waals surface area contributed by atoms with Crippen molar-refractivity contribution in [3.05, 3.63) is 23.3 Å². The van der Waals surface area contributed by atoms with Gasteiger partial charge in [0.1, 0.15) is 0 Å². The summed E-state index contributed by atoms with van der Waals surface area (Å²) in [5.41, 5.74) is 1.67. The first kappa shape index (κ1) is 13.7. The molecule has 0 fully saturated rings. The van der Waals surface area contributed by atoms with Crippen molar-refractivity contribution >= 4 is 21.7 Å². The highest BCUT2D eigenvalue weighted by Crippen LogP contribution is 2.25. The zero-order chi connectivity index (χ0) is 13.2. The van der Waals surface area contributed by atoms with E-state index in [4.69, 9.17) is 4.55 Å². The number of carbonyl (C=O) groups excluding carboxylic acids is 1. The molecular weight excluding hydrogens is 242 g/mol. The Morgan fingerprint density at radius 2 is 2.00 bits per heavy atom. The lowest BCUT2D eigenvalue weighted by molar-refractivity contribution is -0.114. The monoisotopic (exact) mass is 257 g/mol. The molecular formula is C11H15NO4S. The van der Waals surface area contributed by atoms with Gasteiger partial charge in [0.05, 0.1) is 4.90 Å². The number of nitrogens with one attached hydrogen (secondary N) is 1. The van der Waals surface area contributed by atoms with Crippen LogP contribution in [0.3, 0.4) is 0 Å². The van der Waals surface area contributed by atoms with Crippen molar-refractivity contribution in [2.24, 2.45) is 0 Å². The smallest absolute Gasteiger partial charge is 0.294 e. The Morgan fingerprint density at radius 1 is 1.41 bits per heavy atom. The van der Waals surface area contributed by atoms with Crippen molar-refractivity contribution in [2.75, 3.05) is 5.32 Å². The Kier molecular flexibility index (Phi) is 3.90. The van der Waals surface area contributed by atoms with Crippen molar-refractivity contribution in [2.45, 2.75) is 32.1 Å². The highest BCUT2D eigenvalue weighted by atomic mass is 32.2. The Labute approximate surface area is 101 Å². The van der Waals surface area contributed by atoms with Gasteiger partial charge in [0.2, 0.25) is 5.91 Å². The molecule has 94 valence electrons. The van der Waals surface area contributed by atoms with Crippen LogP contribution in [0.5, 0.6) is 0 Å². The van der Waals surface area contributed by atoms with Crippen LogP contribution >= 0.6 is 0 Å². The van der Waals surface area contributed by atoms with E-state index in [-0.39, 0.29) is 10.8 Å². The summed E-state index contributed by atoms with van der Waals surface area (Å²) in [5, 5.41) is 2.52. The maximum absolute atomic E-state index is 11.2. The summed E-state index contributed by atoms with van der Waals surface area (Å²) in [4.78, 5) is 10.8. The minimum Gasteiger partial charge on any atom is -0.326 e. The van der Waals surface area contributed by atoms with E-state index in [1.807, 2.05) is 0 Å². The number of hydrogen-bond donors (Lipinski definition) is 2. The summed E-state index contributed by atoms with van der Waals surface area (Å²) in [7, 11) is -4.27. The van der Waals surface area contributed by atoms with Gasteiger partial charge in [-0.3, -0.25) is 9.35 Å². The first-order valence-electron chi connectivity index (χ1n) is 5.14. The Morgan fingerprint density at radius 3 is 2.41 bits per heavy atom. The summed E-state index contributed by atoms with van der Waals surface area (Å²) < 4.78 is 31.5. The van der Waals surface area contributed by atoms with Gasteiger partial charge in [0, 0.05) is 12.6 Å². The fraction of sp³-hybridized carbons (Fsp3) is 0.364. The maximum atomic E-state index is 11.2. The van der Waals surface area contributed by atoms with E-state index in [0.29, 0.717) is 17.7 Å². The van der Waals surface area contributed by atoms with E-state index in [1.54, 1.807) is 19.9 Å². The number of rotatable bonds is 3. The SMILES string of the molecule is CCc1cc(C)c(NC(C)=O)cc1S(=O)(=O)O. The number of aryl methyl sites for hydroxylation is 2. The van der Waals surface area contributed by atoms with Crippen molar-refractivity contribution in [1.29, 1.82) is 0 Å². The zero-order valence-corrected chi connectivity index (χ0v) is 10.8. The van der Waals surface area contributed by atoms with Crippen LogP contribution in [0.2, 0.25) is 0 Å². The summed E-state index contributed by atoms with van der Waals surface area (Å²) in [6.07, 6.45) is 0.482. The van der Waals surface area contributed by atoms with Crippen molar-refractivity contribution in [3.8, 4) is 0 Å². The van der Waals surface area contributed by atoms with Crippen LogP contribution in [0.15, 0.2) is 17.0 Å². The van der Waals surface area contributed by atoms with E-state index in [0.717, 1.165) is 5.56 Å². The van der Waals surface area contributed by atoms with Gasteiger partial charge in [-0.25, -0.2) is 0 Å². The van der Waals surface area contributed by atoms with Gasteiger partial charge in [-0.05, 0) is 30.5 Å². The normalized spacial score (nSPS) is 11.3. The van der Waals surface area contributed by atoms with Gasteiger partial charge in [0.15, 0.2) is 0 Å². The van der Waals surface area contributed by atoms with E-state index >= 15 is 0 Å². The van der Waals surface area contributed by atoms with Crippen molar-refractivity contribution < 1.29 is 17.8 Å². The summed E-state index contributed by atoms with van der Waals surface area (Å²) >= 11 is 0. The van der Waals surface area contributed by atoms with Crippen LogP contribution in [0.4, 0.5) is 5.69 Å². The Bertz CT molecular complexity index is 549. The van der Waals surface area contributed by atoms with Gasteiger partial charge in [-0.1, -0.05) is 13.0 Å². The topological polar surface area (TPSA) is 83.5 Å². The molecule has 0 spiro atoms. The fourth-order valence-electron chi connectivity index (χ4n) is 1.59. The molecule has 0 bridgehead atoms. The molecule has 17 heavy (non-hydrogen) atoms. The molecule has 0 aliphatic heterocycles. The summed E-state index contributed by atoms with van der Waals surface area (Å²) in [5.74, 6) is -0.293. The van der Waals surface area contributed by atoms with Crippen LogP contribution in [0.1, 0.15) is 25.0 Å². The lowest BCUT2D eigenvalue weighted by Gasteiger charge is -2.12. The maximum Gasteiger partial charge on any atom is 0.294 e. The highest BCUT2D eigenvalue weighted by molar-refractivity contribution is 7.85. The number of amides is 1. The van der Waals surface area contributed by atoms with E-state index in [1.165, 1.54) is 13.0 Å². The van der Waals surface area contributed by atoms with E-state index in [2.05, 4.69) is 5.32 Å². The Balaban J connectivity index is 3.43. The molecule has 0 aromatic heterocycles. The average molecular weight is 257 g/mol. The second kappa shape index (κ2) is 4.85. The molecule has 0 radical (unpaired) electrons. The molecule has 0 atom stereocenters. The number of benzene rings is 1. The molecule has 0 heterocycles. The van der Waals surface area contributed by atoms with Gasteiger partial charge < -0.3 is 5.32 Å². The van der Waals surface area contributed by atoms with Crippen LogP contribution in [-0.2, 0) is 21.3 Å². The highest BCUT2D eigenvalue weighted by Gasteiger charge is 2.17. The largest absolute Gasteiger partial charge is 0.326 e. The first-order valence-corrected chi connectivity index (χ1v) is 6.58. The predicted octanol–water partition coefficient (Wildman–Crippen LogP) is 1.76. The second-order valence-electron chi connectivity index (χ2n) is 3.78. The van der Waals surface area contributed by atoms with Crippen LogP contribution in [0.25, 0.3) is 0 Å². The van der Waals surface area contributed by atoms with Crippen LogP contribution in [0, 0.1) is 6.92 Å². The molecule has 0 aliphatic carbocycles. The minimum absolute atomic E-state index is 0.158. The third-order valence-corrected chi connectivity index (χ3v) is 3.31. The summed E-state index contributed by atoms with van der Waals surface area (Å²) in [6, 6.07) is 2.93. The van der Waals surface area contributed by atoms with Gasteiger partial charge in [-0.2, -0.15) is 8.42 Å². The molecule has 0 saturated heterocycles. The zero-order valence-electron chi connectivity index (χ0n) is 9.94. The molecule has 0 aliphatic rings. The second-order valence-corrected chi connectivity index (χ2v) is 5.17. The van der Waals surface area contributed by atoms with Crippen molar-refractivity contribution in [3.63, 3.8) is 0 Å². The van der Waals surface area contributed by atoms with Crippen LogP contribution in [-0.4, -0.2) is 18.9 Å². The lowest BCUT2D eigenvalue weighted by atomic mass is 10.1.